The number of hydrogen-bond donors (Lipinski definition) is 0. The first-order valence-corrected chi connectivity index (χ1v) is 8.78. The Hall–Kier alpha value is -1.01. The summed E-state index contributed by atoms with van der Waals surface area (Å²) in [4.78, 5) is 6.09. The Kier molecular flexibility index (Phi) is 4.68. The molecule has 1 aliphatic heterocycles. The summed E-state index contributed by atoms with van der Waals surface area (Å²) in [6.45, 7) is 5.52. The third-order valence-corrected chi connectivity index (χ3v) is 5.92. The number of rotatable bonds is 3. The highest BCUT2D eigenvalue weighted by molar-refractivity contribution is 9.10. The third kappa shape index (κ3) is 3.43. The standard InChI is InChI=1S/C13H17BrN4O2S/c1-13(2,10-15)17-3-5-18(6-4-17)21(19,20)12-7-11(14)8-16-9-12/h7-9H,3-6H2,1-2H3. The van der Waals surface area contributed by atoms with E-state index in [-0.39, 0.29) is 4.90 Å². The summed E-state index contributed by atoms with van der Waals surface area (Å²) in [6.07, 6.45) is 2.90. The second-order valence-electron chi connectivity index (χ2n) is 5.40. The molecule has 2 heterocycles. The van der Waals surface area contributed by atoms with E-state index in [0.29, 0.717) is 30.7 Å². The fourth-order valence-electron chi connectivity index (χ4n) is 2.24. The molecular weight excluding hydrogens is 356 g/mol. The van der Waals surface area contributed by atoms with Gasteiger partial charge in [0.15, 0.2) is 0 Å². The molecule has 8 heteroatoms. The number of nitrogens with zero attached hydrogens (tertiary/aromatic N) is 4. The molecule has 0 bridgehead atoms. The largest absolute Gasteiger partial charge is 0.283 e. The first-order chi connectivity index (χ1) is 9.77. The summed E-state index contributed by atoms with van der Waals surface area (Å²) in [6, 6.07) is 3.80. The molecule has 0 saturated carbocycles. The van der Waals surface area contributed by atoms with Crippen molar-refractivity contribution < 1.29 is 8.42 Å². The molecule has 0 aromatic carbocycles. The number of pyridine rings is 1. The van der Waals surface area contributed by atoms with Crippen LogP contribution in [0, 0.1) is 11.3 Å². The van der Waals surface area contributed by atoms with Crippen LogP contribution in [0.3, 0.4) is 0 Å². The fourth-order valence-corrected chi connectivity index (χ4v) is 4.17. The van der Waals surface area contributed by atoms with Crippen LogP contribution in [-0.2, 0) is 10.0 Å². The molecule has 0 amide bonds. The first-order valence-electron chi connectivity index (χ1n) is 6.54. The van der Waals surface area contributed by atoms with Crippen molar-refractivity contribution in [3.05, 3.63) is 22.9 Å². The van der Waals surface area contributed by atoms with Gasteiger partial charge in [-0.3, -0.25) is 9.88 Å². The summed E-state index contributed by atoms with van der Waals surface area (Å²) in [5.74, 6) is 0. The molecule has 1 aromatic heterocycles. The minimum Gasteiger partial charge on any atom is -0.283 e. The smallest absolute Gasteiger partial charge is 0.244 e. The number of aromatic nitrogens is 1. The Balaban J connectivity index is 2.14. The van der Waals surface area contributed by atoms with Crippen LogP contribution in [0.1, 0.15) is 13.8 Å². The second-order valence-corrected chi connectivity index (χ2v) is 8.25. The number of nitriles is 1. The highest BCUT2D eigenvalue weighted by Crippen LogP contribution is 2.22. The Bertz CT molecular complexity index is 661. The predicted molar refractivity (Wildman–Crippen MR) is 82.0 cm³/mol. The average Bonchev–Trinajstić information content (AvgIpc) is 2.47. The molecule has 6 nitrogen and oxygen atoms in total. The van der Waals surface area contributed by atoms with Crippen molar-refractivity contribution in [3.63, 3.8) is 0 Å². The molecule has 0 spiro atoms. The highest BCUT2D eigenvalue weighted by Gasteiger charge is 2.34. The molecule has 21 heavy (non-hydrogen) atoms. The van der Waals surface area contributed by atoms with Gasteiger partial charge in [-0.25, -0.2) is 8.42 Å². The molecule has 0 atom stereocenters. The molecule has 0 aliphatic carbocycles. The Morgan fingerprint density at radius 2 is 1.90 bits per heavy atom. The number of sulfonamides is 1. The van der Waals surface area contributed by atoms with E-state index in [2.05, 4.69) is 27.0 Å². The van der Waals surface area contributed by atoms with E-state index in [0.717, 1.165) is 0 Å². The molecular formula is C13H17BrN4O2S. The van der Waals surface area contributed by atoms with Crippen LogP contribution in [0.5, 0.6) is 0 Å². The molecule has 1 aliphatic rings. The second kappa shape index (κ2) is 6.01. The van der Waals surface area contributed by atoms with E-state index >= 15 is 0 Å². The van der Waals surface area contributed by atoms with E-state index in [1.165, 1.54) is 10.5 Å². The van der Waals surface area contributed by atoms with Crippen molar-refractivity contribution >= 4 is 26.0 Å². The molecule has 114 valence electrons. The minimum absolute atomic E-state index is 0.185. The number of piperazine rings is 1. The summed E-state index contributed by atoms with van der Waals surface area (Å²) in [5, 5.41) is 9.14. The normalized spacial score (nSPS) is 18.4. The Morgan fingerprint density at radius 3 is 2.43 bits per heavy atom. The van der Waals surface area contributed by atoms with Gasteiger partial charge in [0.2, 0.25) is 10.0 Å². The van der Waals surface area contributed by atoms with Crippen molar-refractivity contribution in [1.29, 1.82) is 5.26 Å². The van der Waals surface area contributed by atoms with Gasteiger partial charge in [0, 0.05) is 43.0 Å². The van der Waals surface area contributed by atoms with Gasteiger partial charge in [0.25, 0.3) is 0 Å². The van der Waals surface area contributed by atoms with Crippen LogP contribution in [-0.4, -0.2) is 54.3 Å². The van der Waals surface area contributed by atoms with Gasteiger partial charge >= 0.3 is 0 Å². The zero-order valence-corrected chi connectivity index (χ0v) is 14.4. The van der Waals surface area contributed by atoms with Gasteiger partial charge in [-0.2, -0.15) is 9.57 Å². The summed E-state index contributed by atoms with van der Waals surface area (Å²) < 4.78 is 27.2. The summed E-state index contributed by atoms with van der Waals surface area (Å²) in [7, 11) is -3.53. The van der Waals surface area contributed by atoms with Crippen molar-refractivity contribution in [2.45, 2.75) is 24.3 Å². The van der Waals surface area contributed by atoms with Crippen molar-refractivity contribution in [3.8, 4) is 6.07 Å². The fraction of sp³-hybridized carbons (Fsp3) is 0.538. The summed E-state index contributed by atoms with van der Waals surface area (Å²) >= 11 is 3.23. The molecule has 0 N–H and O–H groups in total. The Labute approximate surface area is 133 Å². The molecule has 0 unspecified atom stereocenters. The lowest BCUT2D eigenvalue weighted by atomic mass is 10.0. The zero-order valence-electron chi connectivity index (χ0n) is 12.0. The maximum Gasteiger partial charge on any atom is 0.244 e. The van der Waals surface area contributed by atoms with Gasteiger partial charge in [0.1, 0.15) is 10.4 Å². The van der Waals surface area contributed by atoms with E-state index in [1.54, 1.807) is 12.3 Å². The van der Waals surface area contributed by atoms with Gasteiger partial charge in [0.05, 0.1) is 6.07 Å². The van der Waals surface area contributed by atoms with Gasteiger partial charge in [-0.05, 0) is 35.8 Å². The SMILES string of the molecule is CC(C)(C#N)N1CCN(S(=O)(=O)c2cncc(Br)c2)CC1. The minimum atomic E-state index is -3.53. The quantitative estimate of drug-likeness (QED) is 0.802. The van der Waals surface area contributed by atoms with E-state index in [1.807, 2.05) is 18.7 Å². The van der Waals surface area contributed by atoms with Crippen LogP contribution in [0.4, 0.5) is 0 Å². The number of halogens is 1. The average molecular weight is 373 g/mol. The van der Waals surface area contributed by atoms with Crippen molar-refractivity contribution in [2.24, 2.45) is 0 Å². The maximum absolute atomic E-state index is 12.5. The van der Waals surface area contributed by atoms with Crippen LogP contribution < -0.4 is 0 Å². The van der Waals surface area contributed by atoms with E-state index < -0.39 is 15.6 Å². The Morgan fingerprint density at radius 1 is 1.29 bits per heavy atom. The lowest BCUT2D eigenvalue weighted by Gasteiger charge is -2.39. The van der Waals surface area contributed by atoms with Gasteiger partial charge < -0.3 is 0 Å². The molecule has 2 rings (SSSR count). The van der Waals surface area contributed by atoms with Crippen LogP contribution in [0.2, 0.25) is 0 Å². The molecule has 0 radical (unpaired) electrons. The predicted octanol–water partition coefficient (Wildman–Crippen LogP) is 1.45. The van der Waals surface area contributed by atoms with Gasteiger partial charge in [-0.15, -0.1) is 0 Å². The lowest BCUT2D eigenvalue weighted by molar-refractivity contribution is 0.115. The zero-order chi connectivity index (χ0) is 15.7. The van der Waals surface area contributed by atoms with Crippen molar-refractivity contribution in [1.82, 2.24) is 14.2 Å². The third-order valence-electron chi connectivity index (χ3n) is 3.62. The van der Waals surface area contributed by atoms with Crippen LogP contribution in [0.15, 0.2) is 27.8 Å². The van der Waals surface area contributed by atoms with Crippen LogP contribution in [0.25, 0.3) is 0 Å². The summed E-state index contributed by atoms with van der Waals surface area (Å²) in [5.41, 5.74) is -0.576. The van der Waals surface area contributed by atoms with Crippen LogP contribution >= 0.6 is 15.9 Å². The monoisotopic (exact) mass is 372 g/mol. The highest BCUT2D eigenvalue weighted by atomic mass is 79.9. The molecule has 1 aromatic rings. The van der Waals surface area contributed by atoms with E-state index in [4.69, 9.17) is 5.26 Å². The van der Waals surface area contributed by atoms with E-state index in [9.17, 15) is 8.42 Å². The lowest BCUT2D eigenvalue weighted by Crippen LogP contribution is -2.55. The topological polar surface area (TPSA) is 77.3 Å². The maximum atomic E-state index is 12.5. The first kappa shape index (κ1) is 16.4. The van der Waals surface area contributed by atoms with Gasteiger partial charge in [-0.1, -0.05) is 0 Å². The van der Waals surface area contributed by atoms with Crippen molar-refractivity contribution in [2.75, 3.05) is 26.2 Å². The molecule has 1 saturated heterocycles. The molecule has 1 fully saturated rings. The number of hydrogen-bond acceptors (Lipinski definition) is 5.